The van der Waals surface area contributed by atoms with Crippen molar-refractivity contribution in [3.8, 4) is 5.75 Å². The zero-order chi connectivity index (χ0) is 20.7. The molecule has 0 spiro atoms. The lowest BCUT2D eigenvalue weighted by Crippen LogP contribution is -1.98. The maximum atomic E-state index is 11.5. The molecule has 0 fully saturated rings. The van der Waals surface area contributed by atoms with Crippen molar-refractivity contribution in [2.75, 3.05) is 6.61 Å². The first kappa shape index (κ1) is 22.3. The maximum Gasteiger partial charge on any atom is 0.356 e. The van der Waals surface area contributed by atoms with Crippen LogP contribution in [0.5, 0.6) is 5.75 Å². The second kappa shape index (κ2) is 13.3. The number of ether oxygens (including phenoxy) is 1. The first-order valence-electron chi connectivity index (χ1n) is 10.3. The van der Waals surface area contributed by atoms with Gasteiger partial charge in [0, 0.05) is 0 Å². The van der Waals surface area contributed by atoms with Gasteiger partial charge in [-0.1, -0.05) is 87.9 Å². The molecule has 0 bridgehead atoms. The summed E-state index contributed by atoms with van der Waals surface area (Å²) >= 11 is 0. The Morgan fingerprint density at radius 1 is 0.931 bits per heavy atom. The van der Waals surface area contributed by atoms with Crippen molar-refractivity contribution in [3.05, 3.63) is 65.9 Å². The average molecular weight is 395 g/mol. The van der Waals surface area contributed by atoms with E-state index in [2.05, 4.69) is 17.2 Å². The van der Waals surface area contributed by atoms with E-state index < -0.39 is 5.97 Å². The lowest BCUT2D eigenvalue weighted by Gasteiger charge is -2.08. The van der Waals surface area contributed by atoms with Crippen LogP contribution in [0, 0.1) is 0 Å². The van der Waals surface area contributed by atoms with Crippen molar-refractivity contribution < 1.29 is 14.6 Å². The Labute approximate surface area is 173 Å². The van der Waals surface area contributed by atoms with E-state index in [9.17, 15) is 9.90 Å². The van der Waals surface area contributed by atoms with Crippen LogP contribution < -0.4 is 4.74 Å². The highest BCUT2D eigenvalue weighted by Crippen LogP contribution is 2.28. The van der Waals surface area contributed by atoms with Gasteiger partial charge in [-0.05, 0) is 30.2 Å². The van der Waals surface area contributed by atoms with Crippen molar-refractivity contribution in [2.45, 2.75) is 51.9 Å². The summed E-state index contributed by atoms with van der Waals surface area (Å²) in [5, 5.41) is 17.5. The van der Waals surface area contributed by atoms with Crippen LogP contribution in [0.4, 0.5) is 5.69 Å². The van der Waals surface area contributed by atoms with Crippen LogP contribution in [0.2, 0.25) is 0 Å². The molecule has 154 valence electrons. The summed E-state index contributed by atoms with van der Waals surface area (Å²) in [5.74, 6) is -0.509. The fourth-order valence-corrected chi connectivity index (χ4v) is 2.85. The number of azo groups is 1. The Morgan fingerprint density at radius 3 is 2.31 bits per heavy atom. The van der Waals surface area contributed by atoms with Gasteiger partial charge in [0.15, 0.2) is 5.70 Å². The van der Waals surface area contributed by atoms with Crippen LogP contribution >= 0.6 is 0 Å². The fourth-order valence-electron chi connectivity index (χ4n) is 2.85. The van der Waals surface area contributed by atoms with E-state index >= 15 is 0 Å². The van der Waals surface area contributed by atoms with Crippen LogP contribution in [-0.2, 0) is 4.79 Å². The number of carbonyl (C=O) groups is 1. The quantitative estimate of drug-likeness (QED) is 0.225. The molecular weight excluding hydrogens is 364 g/mol. The summed E-state index contributed by atoms with van der Waals surface area (Å²) in [6, 6.07) is 16.5. The molecule has 5 heteroatoms. The van der Waals surface area contributed by atoms with E-state index in [1.54, 1.807) is 6.07 Å². The molecule has 5 nitrogen and oxygen atoms in total. The number of para-hydroxylation sites is 1. The summed E-state index contributed by atoms with van der Waals surface area (Å²) in [6.07, 6.45) is 10.0. The number of hydrogen-bond donors (Lipinski definition) is 1. The molecular formula is C24H30N2O3. The van der Waals surface area contributed by atoms with Gasteiger partial charge in [0.25, 0.3) is 0 Å². The Balaban J connectivity index is 1.93. The van der Waals surface area contributed by atoms with Crippen LogP contribution in [0.1, 0.15) is 57.4 Å². The monoisotopic (exact) mass is 394 g/mol. The molecule has 0 amide bonds. The highest BCUT2D eigenvalue weighted by Gasteiger charge is 2.08. The van der Waals surface area contributed by atoms with Gasteiger partial charge < -0.3 is 9.84 Å². The summed E-state index contributed by atoms with van der Waals surface area (Å²) < 4.78 is 5.86. The third-order valence-corrected chi connectivity index (χ3v) is 4.46. The SMILES string of the molecule is CCCCCCCCCOc1ccccc1N=NC(=Cc1ccccc1)C(=O)O. The van der Waals surface area contributed by atoms with E-state index in [-0.39, 0.29) is 5.70 Å². The highest BCUT2D eigenvalue weighted by molar-refractivity contribution is 5.91. The molecule has 2 aromatic carbocycles. The van der Waals surface area contributed by atoms with Gasteiger partial charge in [0.2, 0.25) is 0 Å². The molecule has 0 saturated carbocycles. The Kier molecular flexibility index (Phi) is 10.2. The summed E-state index contributed by atoms with van der Waals surface area (Å²) in [6.45, 7) is 2.84. The minimum Gasteiger partial charge on any atom is -0.491 e. The summed E-state index contributed by atoms with van der Waals surface area (Å²) in [7, 11) is 0. The summed E-state index contributed by atoms with van der Waals surface area (Å²) in [4.78, 5) is 11.5. The van der Waals surface area contributed by atoms with Gasteiger partial charge in [-0.15, -0.1) is 10.2 Å². The standard InChI is InChI=1S/C24H30N2O3/c1-2-3-4-5-6-7-13-18-29-23-17-12-11-16-21(23)25-26-22(24(27)28)19-20-14-9-8-10-15-20/h8-12,14-17,19H,2-7,13,18H2,1H3,(H,27,28). The minimum absolute atomic E-state index is 0.127. The number of benzene rings is 2. The zero-order valence-corrected chi connectivity index (χ0v) is 17.1. The molecule has 0 unspecified atom stereocenters. The zero-order valence-electron chi connectivity index (χ0n) is 17.1. The topological polar surface area (TPSA) is 71.2 Å². The lowest BCUT2D eigenvalue weighted by atomic mass is 10.1. The average Bonchev–Trinajstić information content (AvgIpc) is 2.74. The third kappa shape index (κ3) is 8.73. The largest absolute Gasteiger partial charge is 0.491 e. The van der Waals surface area contributed by atoms with Crippen molar-refractivity contribution in [2.24, 2.45) is 10.2 Å². The molecule has 29 heavy (non-hydrogen) atoms. The third-order valence-electron chi connectivity index (χ3n) is 4.46. The Hall–Kier alpha value is -2.95. The molecule has 0 heterocycles. The van der Waals surface area contributed by atoms with Crippen molar-refractivity contribution >= 4 is 17.7 Å². The number of nitrogens with zero attached hydrogens (tertiary/aromatic N) is 2. The Morgan fingerprint density at radius 2 is 1.59 bits per heavy atom. The molecule has 1 N–H and O–H groups in total. The van der Waals surface area contributed by atoms with Crippen LogP contribution in [-0.4, -0.2) is 17.7 Å². The molecule has 0 aliphatic carbocycles. The smallest absolute Gasteiger partial charge is 0.356 e. The molecule has 0 saturated heterocycles. The molecule has 0 atom stereocenters. The van der Waals surface area contributed by atoms with Crippen molar-refractivity contribution in [1.29, 1.82) is 0 Å². The molecule has 0 radical (unpaired) electrons. The number of carboxylic acids is 1. The van der Waals surface area contributed by atoms with E-state index in [0.29, 0.717) is 18.0 Å². The second-order valence-corrected chi connectivity index (χ2v) is 6.88. The Bertz CT molecular complexity index is 801. The van der Waals surface area contributed by atoms with Crippen molar-refractivity contribution in [3.63, 3.8) is 0 Å². The van der Waals surface area contributed by atoms with E-state index in [1.165, 1.54) is 38.2 Å². The predicted molar refractivity (Wildman–Crippen MR) is 117 cm³/mol. The molecule has 0 aliphatic rings. The number of rotatable bonds is 13. The molecule has 2 rings (SSSR count). The van der Waals surface area contributed by atoms with Gasteiger partial charge in [-0.25, -0.2) is 4.79 Å². The number of carboxylic acid groups (broad SMARTS) is 1. The minimum atomic E-state index is -1.13. The van der Waals surface area contributed by atoms with Gasteiger partial charge in [0.1, 0.15) is 11.4 Å². The van der Waals surface area contributed by atoms with E-state index in [1.807, 2.05) is 48.5 Å². The van der Waals surface area contributed by atoms with Crippen molar-refractivity contribution in [1.82, 2.24) is 0 Å². The number of hydrogen-bond acceptors (Lipinski definition) is 4. The van der Waals surface area contributed by atoms with Gasteiger partial charge in [0.05, 0.1) is 6.61 Å². The molecule has 0 aromatic heterocycles. The normalized spacial score (nSPS) is 11.7. The second-order valence-electron chi connectivity index (χ2n) is 6.88. The van der Waals surface area contributed by atoms with Gasteiger partial charge in [-0.3, -0.25) is 0 Å². The lowest BCUT2D eigenvalue weighted by molar-refractivity contribution is -0.132. The number of aliphatic carboxylic acids is 1. The maximum absolute atomic E-state index is 11.5. The molecule has 0 aliphatic heterocycles. The fraction of sp³-hybridized carbons (Fsp3) is 0.375. The summed E-state index contributed by atoms with van der Waals surface area (Å²) in [5.41, 5.74) is 1.15. The van der Waals surface area contributed by atoms with E-state index in [0.717, 1.165) is 18.4 Å². The van der Waals surface area contributed by atoms with Gasteiger partial charge in [-0.2, -0.15) is 0 Å². The van der Waals surface area contributed by atoms with E-state index in [4.69, 9.17) is 4.74 Å². The van der Waals surface area contributed by atoms with Crippen LogP contribution in [0.25, 0.3) is 6.08 Å². The first-order chi connectivity index (χ1) is 14.2. The predicted octanol–water partition coefficient (Wildman–Crippen LogP) is 7.03. The highest BCUT2D eigenvalue weighted by atomic mass is 16.5. The van der Waals surface area contributed by atoms with Gasteiger partial charge >= 0.3 is 5.97 Å². The molecule has 2 aromatic rings. The number of unbranched alkanes of at least 4 members (excludes halogenated alkanes) is 6. The first-order valence-corrected chi connectivity index (χ1v) is 10.3. The van der Waals surface area contributed by atoms with Crippen LogP contribution in [0.15, 0.2) is 70.5 Å². The van der Waals surface area contributed by atoms with Crippen LogP contribution in [0.3, 0.4) is 0 Å².